The minimum Gasteiger partial charge on any atom is -0.354 e. The molecule has 4 N–H and O–H groups in total. The Bertz CT molecular complexity index is 525. The van der Waals surface area contributed by atoms with E-state index in [4.69, 9.17) is 5.84 Å². The lowest BCUT2D eigenvalue weighted by Crippen LogP contribution is -2.36. The number of nitrogens with two attached hydrogens (primary N) is 1. The number of nitrogen functional groups attached to an aromatic ring is 1. The van der Waals surface area contributed by atoms with E-state index in [1.54, 1.807) is 6.92 Å². The standard InChI is InChI=1S/C14H24N6O/c1-9(21)16-10-5-6-20(8-10)12-7-11(19-15)17-13(18-12)14(2,3)4/h7,10H,5-6,8,15H2,1-4H3,(H,16,21)(H,17,18,19). The van der Waals surface area contributed by atoms with E-state index in [0.29, 0.717) is 5.82 Å². The fourth-order valence-corrected chi connectivity index (χ4v) is 2.38. The van der Waals surface area contributed by atoms with Crippen molar-refractivity contribution in [2.75, 3.05) is 23.4 Å². The summed E-state index contributed by atoms with van der Waals surface area (Å²) < 4.78 is 0. The predicted octanol–water partition coefficient (Wildman–Crippen LogP) is 0.774. The fraction of sp³-hybridized carbons (Fsp3) is 0.643. The molecule has 1 saturated heterocycles. The van der Waals surface area contributed by atoms with Crippen molar-refractivity contribution in [3.63, 3.8) is 0 Å². The predicted molar refractivity (Wildman–Crippen MR) is 83.0 cm³/mol. The van der Waals surface area contributed by atoms with Crippen LogP contribution in [0, 0.1) is 0 Å². The van der Waals surface area contributed by atoms with Crippen molar-refractivity contribution in [2.45, 2.75) is 45.6 Å². The number of hydrazine groups is 1. The van der Waals surface area contributed by atoms with E-state index in [1.165, 1.54) is 0 Å². The third-order valence-corrected chi connectivity index (χ3v) is 3.45. The quantitative estimate of drug-likeness (QED) is 0.562. The van der Waals surface area contributed by atoms with Crippen LogP contribution in [0.5, 0.6) is 0 Å². The van der Waals surface area contributed by atoms with E-state index >= 15 is 0 Å². The fourth-order valence-electron chi connectivity index (χ4n) is 2.38. The summed E-state index contributed by atoms with van der Waals surface area (Å²) in [6.07, 6.45) is 0.916. The molecule has 1 atom stereocenters. The Morgan fingerprint density at radius 3 is 2.71 bits per heavy atom. The normalized spacial score (nSPS) is 18.7. The second-order valence-electron chi connectivity index (χ2n) is 6.46. The van der Waals surface area contributed by atoms with Crippen molar-refractivity contribution in [1.29, 1.82) is 0 Å². The van der Waals surface area contributed by atoms with Gasteiger partial charge in [-0.1, -0.05) is 20.8 Å². The number of amides is 1. The molecule has 7 heteroatoms. The Balaban J connectivity index is 2.22. The molecular formula is C14H24N6O. The maximum absolute atomic E-state index is 11.1. The van der Waals surface area contributed by atoms with Gasteiger partial charge in [0.15, 0.2) is 0 Å². The van der Waals surface area contributed by atoms with Crippen molar-refractivity contribution in [2.24, 2.45) is 5.84 Å². The van der Waals surface area contributed by atoms with Crippen LogP contribution in [0.1, 0.15) is 39.9 Å². The van der Waals surface area contributed by atoms with Gasteiger partial charge in [-0.05, 0) is 6.42 Å². The molecule has 0 spiro atoms. The van der Waals surface area contributed by atoms with Gasteiger partial charge < -0.3 is 15.6 Å². The molecule has 1 aromatic heterocycles. The van der Waals surface area contributed by atoms with Crippen LogP contribution < -0.4 is 21.5 Å². The average molecular weight is 292 g/mol. The average Bonchev–Trinajstić information content (AvgIpc) is 2.84. The molecule has 0 saturated carbocycles. The van der Waals surface area contributed by atoms with Crippen LogP contribution in [0.2, 0.25) is 0 Å². The van der Waals surface area contributed by atoms with E-state index < -0.39 is 0 Å². The Labute approximate surface area is 125 Å². The highest BCUT2D eigenvalue weighted by atomic mass is 16.1. The van der Waals surface area contributed by atoms with Crippen LogP contribution >= 0.6 is 0 Å². The number of nitrogens with zero attached hydrogens (tertiary/aromatic N) is 3. The summed E-state index contributed by atoms with van der Waals surface area (Å²) in [5, 5.41) is 2.95. The Morgan fingerprint density at radius 2 is 2.14 bits per heavy atom. The van der Waals surface area contributed by atoms with Gasteiger partial charge >= 0.3 is 0 Å². The van der Waals surface area contributed by atoms with E-state index in [-0.39, 0.29) is 17.4 Å². The van der Waals surface area contributed by atoms with Crippen molar-refractivity contribution < 1.29 is 4.79 Å². The van der Waals surface area contributed by atoms with Crippen LogP contribution in [-0.4, -0.2) is 35.0 Å². The molecule has 1 aliphatic rings. The zero-order chi connectivity index (χ0) is 15.6. The highest BCUT2D eigenvalue weighted by Crippen LogP contribution is 2.25. The van der Waals surface area contributed by atoms with Gasteiger partial charge in [0.1, 0.15) is 17.5 Å². The number of hydrogen-bond acceptors (Lipinski definition) is 6. The summed E-state index contributed by atoms with van der Waals surface area (Å²) in [5.41, 5.74) is 2.44. The Morgan fingerprint density at radius 1 is 1.43 bits per heavy atom. The van der Waals surface area contributed by atoms with Gasteiger partial charge in [0.05, 0.1) is 0 Å². The molecule has 0 aromatic carbocycles. The molecular weight excluding hydrogens is 268 g/mol. The maximum Gasteiger partial charge on any atom is 0.217 e. The Hall–Kier alpha value is -1.89. The molecule has 1 aliphatic heterocycles. The number of carbonyl (C=O) groups is 1. The molecule has 0 radical (unpaired) electrons. The molecule has 1 fully saturated rings. The van der Waals surface area contributed by atoms with Crippen molar-refractivity contribution in [3.8, 4) is 0 Å². The highest BCUT2D eigenvalue weighted by molar-refractivity contribution is 5.73. The lowest BCUT2D eigenvalue weighted by molar-refractivity contribution is -0.119. The minimum atomic E-state index is -0.154. The molecule has 2 heterocycles. The smallest absolute Gasteiger partial charge is 0.217 e. The van der Waals surface area contributed by atoms with Crippen LogP contribution in [0.3, 0.4) is 0 Å². The number of rotatable bonds is 3. The molecule has 0 aliphatic carbocycles. The first-order valence-corrected chi connectivity index (χ1v) is 7.18. The summed E-state index contributed by atoms with van der Waals surface area (Å²) in [6, 6.07) is 2.01. The van der Waals surface area contributed by atoms with Gasteiger partial charge in [0.2, 0.25) is 5.91 Å². The van der Waals surface area contributed by atoms with Crippen molar-refractivity contribution in [3.05, 3.63) is 11.9 Å². The summed E-state index contributed by atoms with van der Waals surface area (Å²) in [4.78, 5) is 22.4. The van der Waals surface area contributed by atoms with Gasteiger partial charge in [0, 0.05) is 37.5 Å². The molecule has 0 bridgehead atoms. The third kappa shape index (κ3) is 3.81. The summed E-state index contributed by atoms with van der Waals surface area (Å²) in [6.45, 7) is 9.35. The highest BCUT2D eigenvalue weighted by Gasteiger charge is 2.26. The first-order chi connectivity index (χ1) is 9.79. The van der Waals surface area contributed by atoms with E-state index in [1.807, 2.05) is 6.07 Å². The molecule has 21 heavy (non-hydrogen) atoms. The van der Waals surface area contributed by atoms with Crippen molar-refractivity contribution in [1.82, 2.24) is 15.3 Å². The van der Waals surface area contributed by atoms with E-state index in [0.717, 1.165) is 31.2 Å². The number of aromatic nitrogens is 2. The van der Waals surface area contributed by atoms with Crippen LogP contribution in [-0.2, 0) is 10.2 Å². The first kappa shape index (κ1) is 15.5. The summed E-state index contributed by atoms with van der Waals surface area (Å²) in [5.74, 6) is 7.70. The monoisotopic (exact) mass is 292 g/mol. The summed E-state index contributed by atoms with van der Waals surface area (Å²) >= 11 is 0. The minimum absolute atomic E-state index is 0.00392. The summed E-state index contributed by atoms with van der Waals surface area (Å²) in [7, 11) is 0. The Kier molecular flexibility index (Phi) is 4.32. The van der Waals surface area contributed by atoms with Gasteiger partial charge in [-0.2, -0.15) is 0 Å². The van der Waals surface area contributed by atoms with Gasteiger partial charge in [-0.25, -0.2) is 15.8 Å². The zero-order valence-corrected chi connectivity index (χ0v) is 13.1. The van der Waals surface area contributed by atoms with Gasteiger partial charge in [-0.3, -0.25) is 4.79 Å². The maximum atomic E-state index is 11.1. The van der Waals surface area contributed by atoms with Gasteiger partial charge in [-0.15, -0.1) is 0 Å². The van der Waals surface area contributed by atoms with Crippen LogP contribution in [0.4, 0.5) is 11.6 Å². The second kappa shape index (κ2) is 5.85. The lowest BCUT2D eigenvalue weighted by Gasteiger charge is -2.23. The third-order valence-electron chi connectivity index (χ3n) is 3.45. The second-order valence-corrected chi connectivity index (χ2v) is 6.46. The largest absolute Gasteiger partial charge is 0.354 e. The molecule has 1 amide bonds. The SMILES string of the molecule is CC(=O)NC1CCN(c2cc(NN)nc(C(C)(C)C)n2)C1. The number of nitrogens with one attached hydrogen (secondary N) is 2. The molecule has 2 rings (SSSR count). The zero-order valence-electron chi connectivity index (χ0n) is 13.1. The first-order valence-electron chi connectivity index (χ1n) is 7.18. The molecule has 116 valence electrons. The number of carbonyl (C=O) groups excluding carboxylic acids is 1. The van der Waals surface area contributed by atoms with Crippen LogP contribution in [0.15, 0.2) is 6.07 Å². The molecule has 1 aromatic rings. The lowest BCUT2D eigenvalue weighted by atomic mass is 9.96. The number of hydrogen-bond donors (Lipinski definition) is 3. The molecule has 7 nitrogen and oxygen atoms in total. The van der Waals surface area contributed by atoms with Crippen LogP contribution in [0.25, 0.3) is 0 Å². The molecule has 1 unspecified atom stereocenters. The number of anilines is 2. The van der Waals surface area contributed by atoms with E-state index in [2.05, 4.69) is 46.4 Å². The van der Waals surface area contributed by atoms with Crippen molar-refractivity contribution >= 4 is 17.5 Å². The topological polar surface area (TPSA) is 96.2 Å². The van der Waals surface area contributed by atoms with E-state index in [9.17, 15) is 4.79 Å². The van der Waals surface area contributed by atoms with Gasteiger partial charge in [0.25, 0.3) is 0 Å².